The maximum Gasteiger partial charge on any atom is 0.328 e. The molecular weight excluding hydrogens is 498 g/mol. The van der Waals surface area contributed by atoms with Crippen LogP contribution in [0.4, 0.5) is 0 Å². The molecule has 12 heteroatoms. The quantitative estimate of drug-likeness (QED) is 0.444. The molecule has 0 bridgehead atoms. The van der Waals surface area contributed by atoms with E-state index in [4.69, 9.17) is 24.4 Å². The van der Waals surface area contributed by atoms with Gasteiger partial charge >= 0.3 is 11.9 Å². The van der Waals surface area contributed by atoms with Crippen molar-refractivity contribution >= 4 is 29.8 Å². The molecule has 2 saturated heterocycles. The van der Waals surface area contributed by atoms with Crippen molar-refractivity contribution in [3.63, 3.8) is 0 Å². The molecule has 0 unspecified atom stereocenters. The van der Waals surface area contributed by atoms with Crippen LogP contribution in [-0.4, -0.2) is 116 Å². The first-order valence-electron chi connectivity index (χ1n) is 12.1. The Balaban J connectivity index is 0.000000550. The average molecular weight is 534 g/mol. The van der Waals surface area contributed by atoms with E-state index >= 15 is 0 Å². The first-order valence-corrected chi connectivity index (χ1v) is 12.1. The molecule has 12 nitrogen and oxygen atoms in total. The number of carboxylic acids is 2. The maximum atomic E-state index is 12.6. The van der Waals surface area contributed by atoms with Gasteiger partial charge in [0.25, 0.3) is 0 Å². The highest BCUT2D eigenvalue weighted by Crippen LogP contribution is 2.38. The molecule has 2 aliphatic heterocycles. The van der Waals surface area contributed by atoms with E-state index < -0.39 is 11.9 Å². The van der Waals surface area contributed by atoms with Gasteiger partial charge in [0, 0.05) is 57.5 Å². The van der Waals surface area contributed by atoms with Crippen molar-refractivity contribution in [1.29, 1.82) is 0 Å². The Morgan fingerprint density at radius 2 is 1.29 bits per heavy atom. The number of carbonyl (C=O) groups excluding carboxylic acids is 2. The van der Waals surface area contributed by atoms with Gasteiger partial charge in [-0.15, -0.1) is 0 Å². The van der Waals surface area contributed by atoms with E-state index in [2.05, 4.69) is 4.90 Å². The lowest BCUT2D eigenvalue weighted by Gasteiger charge is -2.34. The number of carboxylic acid groups (broad SMARTS) is 2. The summed E-state index contributed by atoms with van der Waals surface area (Å²) in [6.45, 7) is 4.86. The minimum absolute atomic E-state index is 0.0470. The number of amides is 2. The fourth-order valence-corrected chi connectivity index (χ4v) is 4.00. The van der Waals surface area contributed by atoms with E-state index in [9.17, 15) is 19.2 Å². The topological polar surface area (TPSA) is 146 Å². The van der Waals surface area contributed by atoms with Gasteiger partial charge in [0.15, 0.2) is 11.5 Å². The van der Waals surface area contributed by atoms with E-state index in [1.807, 2.05) is 9.80 Å². The van der Waals surface area contributed by atoms with Gasteiger partial charge in [-0.2, -0.15) is 0 Å². The molecular formula is C26H35N3O9. The summed E-state index contributed by atoms with van der Waals surface area (Å²) in [4.78, 5) is 49.9. The number of hydrogen-bond acceptors (Lipinski definition) is 8. The van der Waals surface area contributed by atoms with Crippen LogP contribution in [0.3, 0.4) is 0 Å². The van der Waals surface area contributed by atoms with Gasteiger partial charge < -0.3 is 34.2 Å². The molecule has 2 aliphatic rings. The second-order valence-corrected chi connectivity index (χ2v) is 8.49. The standard InChI is InChI=1S/C22H31N3O5.C4H4O4/c1-28-18-14-17(15-19(29-2)22(18)30-3)6-7-20(26)25-12-10-23(11-13-25)16-21(27)24-8-4-5-9-24;5-3(6)1-2-4(7)8/h6-7,14-15H,4-5,8-13,16H2,1-3H3;1-2H,(H,5,6)(H,7,8)/b7-6+;2-1-. The molecule has 2 fully saturated rings. The van der Waals surface area contributed by atoms with Gasteiger partial charge in [0.05, 0.1) is 27.9 Å². The summed E-state index contributed by atoms with van der Waals surface area (Å²) in [7, 11) is 4.67. The number of nitrogens with zero attached hydrogens (tertiary/aromatic N) is 3. The Bertz CT molecular complexity index is 999. The minimum atomic E-state index is -1.26. The molecule has 0 spiro atoms. The average Bonchev–Trinajstić information content (AvgIpc) is 3.46. The van der Waals surface area contributed by atoms with Crippen LogP contribution in [0, 0.1) is 0 Å². The summed E-state index contributed by atoms with van der Waals surface area (Å²) in [5.74, 6) is -0.757. The summed E-state index contributed by atoms with van der Waals surface area (Å²) in [5.41, 5.74) is 0.785. The van der Waals surface area contributed by atoms with Crippen molar-refractivity contribution in [1.82, 2.24) is 14.7 Å². The second-order valence-electron chi connectivity index (χ2n) is 8.49. The number of hydrogen-bond donors (Lipinski definition) is 2. The Morgan fingerprint density at radius 3 is 1.74 bits per heavy atom. The Hall–Kier alpha value is -4.06. The molecule has 1 aromatic rings. The first-order chi connectivity index (χ1) is 18.2. The summed E-state index contributed by atoms with van der Waals surface area (Å²) >= 11 is 0. The van der Waals surface area contributed by atoms with Crippen molar-refractivity contribution in [2.24, 2.45) is 0 Å². The van der Waals surface area contributed by atoms with Crippen LogP contribution in [-0.2, 0) is 19.2 Å². The van der Waals surface area contributed by atoms with Gasteiger partial charge in [-0.05, 0) is 36.6 Å². The second kappa shape index (κ2) is 15.3. The van der Waals surface area contributed by atoms with Crippen molar-refractivity contribution in [3.05, 3.63) is 35.9 Å². The van der Waals surface area contributed by atoms with Crippen molar-refractivity contribution in [3.8, 4) is 17.2 Å². The maximum absolute atomic E-state index is 12.6. The zero-order chi connectivity index (χ0) is 28.1. The van der Waals surface area contributed by atoms with Crippen LogP contribution < -0.4 is 14.2 Å². The fraction of sp³-hybridized carbons (Fsp3) is 0.462. The molecule has 208 valence electrons. The van der Waals surface area contributed by atoms with Crippen LogP contribution in [0.2, 0.25) is 0 Å². The summed E-state index contributed by atoms with van der Waals surface area (Å²) in [6.07, 6.45) is 6.63. The van der Waals surface area contributed by atoms with Crippen LogP contribution in [0.25, 0.3) is 6.08 Å². The van der Waals surface area contributed by atoms with Gasteiger partial charge in [-0.25, -0.2) is 9.59 Å². The predicted octanol–water partition coefficient (Wildman–Crippen LogP) is 1.20. The third-order valence-electron chi connectivity index (χ3n) is 5.98. The minimum Gasteiger partial charge on any atom is -0.493 e. The van der Waals surface area contributed by atoms with E-state index in [0.29, 0.717) is 62.1 Å². The molecule has 38 heavy (non-hydrogen) atoms. The number of ether oxygens (including phenoxy) is 3. The molecule has 0 aromatic heterocycles. The third kappa shape index (κ3) is 9.43. The van der Waals surface area contributed by atoms with Gasteiger partial charge in [-0.3, -0.25) is 14.5 Å². The number of benzene rings is 1. The molecule has 0 radical (unpaired) electrons. The Kier molecular flexibility index (Phi) is 12.1. The van der Waals surface area contributed by atoms with Crippen LogP contribution >= 0.6 is 0 Å². The largest absolute Gasteiger partial charge is 0.493 e. The molecule has 0 saturated carbocycles. The Morgan fingerprint density at radius 1 is 0.763 bits per heavy atom. The van der Waals surface area contributed by atoms with Crippen LogP contribution in [0.15, 0.2) is 30.4 Å². The van der Waals surface area contributed by atoms with Crippen molar-refractivity contribution < 1.29 is 43.6 Å². The van der Waals surface area contributed by atoms with Crippen molar-refractivity contribution in [2.75, 3.05) is 67.1 Å². The number of likely N-dealkylation sites (tertiary alicyclic amines) is 1. The van der Waals surface area contributed by atoms with Gasteiger partial charge in [0.2, 0.25) is 17.6 Å². The van der Waals surface area contributed by atoms with E-state index in [-0.39, 0.29) is 11.8 Å². The fourth-order valence-electron chi connectivity index (χ4n) is 4.00. The smallest absolute Gasteiger partial charge is 0.328 e. The van der Waals surface area contributed by atoms with Crippen molar-refractivity contribution in [2.45, 2.75) is 12.8 Å². The zero-order valence-electron chi connectivity index (χ0n) is 21.9. The monoisotopic (exact) mass is 533 g/mol. The SMILES string of the molecule is COc1cc(/C=C/C(=O)N2CCN(CC(=O)N3CCCC3)CC2)cc(OC)c1OC.O=C(O)/C=C\C(=O)O. The van der Waals surface area contributed by atoms with E-state index in [1.165, 1.54) is 0 Å². The number of methoxy groups -OCH3 is 3. The number of carbonyl (C=O) groups is 4. The normalized spacial score (nSPS) is 15.8. The van der Waals surface area contributed by atoms with E-state index in [1.54, 1.807) is 45.6 Å². The molecule has 2 N–H and O–H groups in total. The summed E-state index contributed by atoms with van der Waals surface area (Å²) in [5, 5.41) is 15.6. The number of rotatable bonds is 9. The number of aliphatic carboxylic acids is 2. The summed E-state index contributed by atoms with van der Waals surface area (Å²) in [6, 6.07) is 3.60. The molecule has 2 heterocycles. The Labute approximate surface area is 221 Å². The zero-order valence-corrected chi connectivity index (χ0v) is 21.9. The lowest BCUT2D eigenvalue weighted by molar-refractivity contribution is -0.134. The molecule has 3 rings (SSSR count). The first kappa shape index (κ1) is 30.2. The van der Waals surface area contributed by atoms with Gasteiger partial charge in [0.1, 0.15) is 0 Å². The third-order valence-corrected chi connectivity index (χ3v) is 5.98. The van der Waals surface area contributed by atoms with Crippen LogP contribution in [0.1, 0.15) is 18.4 Å². The lowest BCUT2D eigenvalue weighted by Crippen LogP contribution is -2.51. The highest BCUT2D eigenvalue weighted by Gasteiger charge is 2.24. The summed E-state index contributed by atoms with van der Waals surface area (Å²) < 4.78 is 16.0. The highest BCUT2D eigenvalue weighted by atomic mass is 16.5. The molecule has 2 amide bonds. The molecule has 1 aromatic carbocycles. The lowest BCUT2D eigenvalue weighted by atomic mass is 10.1. The van der Waals surface area contributed by atoms with E-state index in [0.717, 1.165) is 31.5 Å². The van der Waals surface area contributed by atoms with Crippen LogP contribution in [0.5, 0.6) is 17.2 Å². The van der Waals surface area contributed by atoms with Gasteiger partial charge in [-0.1, -0.05) is 0 Å². The number of piperazine rings is 1. The molecule has 0 aliphatic carbocycles. The predicted molar refractivity (Wildman–Crippen MR) is 138 cm³/mol. The molecule has 0 atom stereocenters. The highest BCUT2D eigenvalue weighted by molar-refractivity contribution is 5.92.